The number of anilines is 1. The third-order valence-electron chi connectivity index (χ3n) is 3.20. The first-order valence-corrected chi connectivity index (χ1v) is 7.64. The third-order valence-corrected chi connectivity index (χ3v) is 4.50. The van der Waals surface area contributed by atoms with Crippen LogP contribution in [0.1, 0.15) is 11.6 Å². The van der Waals surface area contributed by atoms with Crippen molar-refractivity contribution in [3.05, 3.63) is 62.1 Å². The lowest BCUT2D eigenvalue weighted by Crippen LogP contribution is -2.20. The van der Waals surface area contributed by atoms with Crippen LogP contribution in [0.25, 0.3) is 0 Å². The Balaban J connectivity index is 1.98. The molecule has 0 N–H and O–H groups in total. The number of nitrogens with zero attached hydrogens (tertiary/aromatic N) is 3. The van der Waals surface area contributed by atoms with E-state index in [1.807, 2.05) is 12.1 Å². The van der Waals surface area contributed by atoms with Gasteiger partial charge in [-0.2, -0.15) is 5.11 Å². The van der Waals surface area contributed by atoms with E-state index in [0.717, 1.165) is 11.3 Å². The van der Waals surface area contributed by atoms with E-state index in [1.54, 1.807) is 29.3 Å². The fraction of sp³-hybridized carbons (Fsp3) is 0.143. The average Bonchev–Trinajstić information content (AvgIpc) is 2.91. The summed E-state index contributed by atoms with van der Waals surface area (Å²) >= 11 is 24.2. The van der Waals surface area contributed by atoms with Gasteiger partial charge in [0, 0.05) is 10.0 Å². The van der Waals surface area contributed by atoms with Gasteiger partial charge in [-0.05, 0) is 35.9 Å². The van der Waals surface area contributed by atoms with Crippen LogP contribution in [-0.2, 0) is 0 Å². The number of hydrogen-bond donors (Lipinski definition) is 0. The van der Waals surface area contributed by atoms with E-state index >= 15 is 0 Å². The second-order valence-corrected chi connectivity index (χ2v) is 6.20. The average molecular weight is 361 g/mol. The summed E-state index contributed by atoms with van der Waals surface area (Å²) in [5.41, 5.74) is 1.72. The van der Waals surface area contributed by atoms with E-state index in [4.69, 9.17) is 46.4 Å². The zero-order chi connectivity index (χ0) is 15.0. The molecule has 2 aromatic carbocycles. The second-order valence-electron chi connectivity index (χ2n) is 4.54. The summed E-state index contributed by atoms with van der Waals surface area (Å²) in [6.07, 6.45) is 0. The zero-order valence-electron chi connectivity index (χ0n) is 10.6. The normalized spacial score (nSPS) is 17.5. The molecule has 0 spiro atoms. The first kappa shape index (κ1) is 14.9. The van der Waals surface area contributed by atoms with E-state index in [1.165, 1.54) is 0 Å². The highest BCUT2D eigenvalue weighted by molar-refractivity contribution is 6.42. The van der Waals surface area contributed by atoms with Crippen molar-refractivity contribution in [1.82, 2.24) is 0 Å². The van der Waals surface area contributed by atoms with Crippen molar-refractivity contribution >= 4 is 52.1 Å². The maximum absolute atomic E-state index is 6.28. The van der Waals surface area contributed by atoms with Gasteiger partial charge in [-0.25, -0.2) is 5.01 Å². The van der Waals surface area contributed by atoms with Crippen LogP contribution in [0, 0.1) is 0 Å². The van der Waals surface area contributed by atoms with Crippen LogP contribution in [0.5, 0.6) is 0 Å². The summed E-state index contributed by atoms with van der Waals surface area (Å²) in [7, 11) is 0. The van der Waals surface area contributed by atoms with Crippen molar-refractivity contribution in [2.75, 3.05) is 11.6 Å². The van der Waals surface area contributed by atoms with Gasteiger partial charge in [-0.3, -0.25) is 0 Å². The maximum atomic E-state index is 6.28. The molecule has 7 heteroatoms. The van der Waals surface area contributed by atoms with Crippen molar-refractivity contribution < 1.29 is 0 Å². The molecule has 0 amide bonds. The summed E-state index contributed by atoms with van der Waals surface area (Å²) in [6.45, 7) is 0.515. The minimum Gasteiger partial charge on any atom is -0.238 e. The minimum atomic E-state index is -0.0907. The van der Waals surface area contributed by atoms with Crippen LogP contribution in [-0.4, -0.2) is 6.54 Å². The van der Waals surface area contributed by atoms with Gasteiger partial charge in [0.25, 0.3) is 0 Å². The van der Waals surface area contributed by atoms with Crippen molar-refractivity contribution in [2.24, 2.45) is 10.3 Å². The zero-order valence-corrected chi connectivity index (χ0v) is 13.6. The predicted octanol–water partition coefficient (Wildman–Crippen LogP) is 6.23. The lowest BCUT2D eigenvalue weighted by atomic mass is 10.1. The largest absolute Gasteiger partial charge is 0.238 e. The van der Waals surface area contributed by atoms with E-state index < -0.39 is 0 Å². The number of hydrogen-bond acceptors (Lipinski definition) is 3. The molecule has 1 atom stereocenters. The van der Waals surface area contributed by atoms with Crippen LogP contribution in [0.4, 0.5) is 5.69 Å². The van der Waals surface area contributed by atoms with Gasteiger partial charge in [0.05, 0.1) is 22.3 Å². The number of benzene rings is 2. The lowest BCUT2D eigenvalue weighted by Gasteiger charge is -2.23. The Morgan fingerprint density at radius 3 is 2.43 bits per heavy atom. The van der Waals surface area contributed by atoms with Gasteiger partial charge in [-0.1, -0.05) is 57.7 Å². The van der Waals surface area contributed by atoms with Gasteiger partial charge in [-0.15, -0.1) is 0 Å². The van der Waals surface area contributed by atoms with Crippen molar-refractivity contribution in [3.8, 4) is 0 Å². The Hall–Kier alpha value is -1.000. The molecule has 2 aromatic rings. The third kappa shape index (κ3) is 2.97. The standard InChI is InChI=1S/C14H9Cl4N3/c15-8-1-3-10(12(17)5-8)14-7-19-20-21(14)9-2-4-11(16)13(18)6-9/h1-6,14H,7H2. The fourth-order valence-electron chi connectivity index (χ4n) is 2.18. The van der Waals surface area contributed by atoms with Crippen LogP contribution in [0.2, 0.25) is 20.1 Å². The lowest BCUT2D eigenvalue weighted by molar-refractivity contribution is 0.732. The smallest absolute Gasteiger partial charge is 0.102 e. The maximum Gasteiger partial charge on any atom is 0.102 e. The first-order chi connectivity index (χ1) is 10.1. The Morgan fingerprint density at radius 2 is 1.71 bits per heavy atom. The van der Waals surface area contributed by atoms with Crippen molar-refractivity contribution in [2.45, 2.75) is 6.04 Å². The fourth-order valence-corrected chi connectivity index (χ4v) is 3.01. The molecular formula is C14H9Cl4N3. The Kier molecular flexibility index (Phi) is 4.27. The van der Waals surface area contributed by atoms with Gasteiger partial charge < -0.3 is 0 Å². The molecule has 0 aromatic heterocycles. The molecule has 1 heterocycles. The summed E-state index contributed by atoms with van der Waals surface area (Å²) in [6, 6.07) is 10.6. The molecule has 0 radical (unpaired) electrons. The van der Waals surface area contributed by atoms with Gasteiger partial charge in [0.2, 0.25) is 0 Å². The van der Waals surface area contributed by atoms with Gasteiger partial charge in [0.1, 0.15) is 6.04 Å². The highest BCUT2D eigenvalue weighted by atomic mass is 35.5. The Labute approximate surface area is 142 Å². The molecule has 108 valence electrons. The van der Waals surface area contributed by atoms with Crippen LogP contribution in [0.15, 0.2) is 46.7 Å². The molecule has 0 bridgehead atoms. The summed E-state index contributed by atoms with van der Waals surface area (Å²) < 4.78 is 0. The van der Waals surface area contributed by atoms with Crippen LogP contribution >= 0.6 is 46.4 Å². The van der Waals surface area contributed by atoms with Crippen molar-refractivity contribution in [1.29, 1.82) is 0 Å². The van der Waals surface area contributed by atoms with Gasteiger partial charge in [0.15, 0.2) is 0 Å². The highest BCUT2D eigenvalue weighted by Gasteiger charge is 2.27. The molecule has 0 fully saturated rings. The Morgan fingerprint density at radius 1 is 0.905 bits per heavy atom. The van der Waals surface area contributed by atoms with Crippen LogP contribution < -0.4 is 5.01 Å². The minimum absolute atomic E-state index is 0.0907. The summed E-state index contributed by atoms with van der Waals surface area (Å²) in [4.78, 5) is 0. The quantitative estimate of drug-likeness (QED) is 0.623. The molecule has 21 heavy (non-hydrogen) atoms. The number of rotatable bonds is 2. The molecule has 0 saturated carbocycles. The molecule has 3 rings (SSSR count). The first-order valence-electron chi connectivity index (χ1n) is 6.13. The van der Waals surface area contributed by atoms with Crippen molar-refractivity contribution in [3.63, 3.8) is 0 Å². The van der Waals surface area contributed by atoms with E-state index in [-0.39, 0.29) is 6.04 Å². The molecular weight excluding hydrogens is 352 g/mol. The summed E-state index contributed by atoms with van der Waals surface area (Å²) in [5, 5.41) is 12.2. The molecule has 0 aliphatic carbocycles. The van der Waals surface area contributed by atoms with Gasteiger partial charge >= 0.3 is 0 Å². The Bertz CT molecular complexity index is 717. The molecule has 1 aliphatic rings. The van der Waals surface area contributed by atoms with E-state index in [9.17, 15) is 0 Å². The SMILES string of the molecule is Clc1ccc(C2CN=NN2c2ccc(Cl)c(Cl)c2)c(Cl)c1. The topological polar surface area (TPSA) is 28.0 Å². The molecule has 1 aliphatic heterocycles. The molecule has 1 unspecified atom stereocenters. The summed E-state index contributed by atoms with van der Waals surface area (Å²) in [5.74, 6) is 0. The monoisotopic (exact) mass is 359 g/mol. The van der Waals surface area contributed by atoms with E-state index in [0.29, 0.717) is 26.6 Å². The predicted molar refractivity (Wildman–Crippen MR) is 87.9 cm³/mol. The van der Waals surface area contributed by atoms with E-state index in [2.05, 4.69) is 10.3 Å². The van der Waals surface area contributed by atoms with Crippen LogP contribution in [0.3, 0.4) is 0 Å². The second kappa shape index (κ2) is 6.01. The highest BCUT2D eigenvalue weighted by Crippen LogP contribution is 2.38. The number of halogens is 4. The molecule has 3 nitrogen and oxygen atoms in total. The molecule has 0 saturated heterocycles.